The second-order valence-electron chi connectivity index (χ2n) is 2.55. The largest absolute Gasteiger partial charge is 0.367 e. The van der Waals surface area contributed by atoms with E-state index in [1.165, 1.54) is 4.21 Å². The molecule has 1 unspecified atom stereocenters. The highest BCUT2D eigenvalue weighted by molar-refractivity contribution is 8.01. The van der Waals surface area contributed by atoms with Gasteiger partial charge < -0.3 is 15.5 Å². The van der Waals surface area contributed by atoms with E-state index in [0.29, 0.717) is 5.75 Å². The second-order valence-corrected chi connectivity index (χ2v) is 4.82. The standard InChI is InChI=1S/C8H13NO2S2/c1-9-6(8(10)11)5-13-7-3-2-4-12-7/h2-4,6,8-11H,5H2,1H3. The lowest BCUT2D eigenvalue weighted by atomic mass is 10.3. The molecule has 13 heavy (non-hydrogen) atoms. The molecule has 0 aliphatic carbocycles. The molecule has 0 saturated heterocycles. The molecule has 0 aliphatic heterocycles. The van der Waals surface area contributed by atoms with E-state index >= 15 is 0 Å². The summed E-state index contributed by atoms with van der Waals surface area (Å²) in [6.45, 7) is 0. The SMILES string of the molecule is CNC(CSc1cccs1)C(O)O. The molecule has 5 heteroatoms. The van der Waals surface area contributed by atoms with Gasteiger partial charge in [-0.2, -0.15) is 0 Å². The van der Waals surface area contributed by atoms with Gasteiger partial charge in [0.05, 0.1) is 10.3 Å². The molecule has 1 heterocycles. The molecule has 0 bridgehead atoms. The predicted molar refractivity (Wildman–Crippen MR) is 56.1 cm³/mol. The lowest BCUT2D eigenvalue weighted by Crippen LogP contribution is -2.39. The van der Waals surface area contributed by atoms with E-state index in [-0.39, 0.29) is 6.04 Å². The number of aliphatic hydroxyl groups is 2. The highest BCUT2D eigenvalue weighted by Gasteiger charge is 2.14. The van der Waals surface area contributed by atoms with E-state index in [4.69, 9.17) is 10.2 Å². The zero-order chi connectivity index (χ0) is 9.68. The Morgan fingerprint density at radius 1 is 1.62 bits per heavy atom. The first kappa shape index (κ1) is 11.0. The maximum absolute atomic E-state index is 8.92. The Hall–Kier alpha value is -0.0700. The van der Waals surface area contributed by atoms with E-state index in [0.717, 1.165) is 0 Å². The van der Waals surface area contributed by atoms with Crippen LogP contribution in [0.15, 0.2) is 21.7 Å². The molecule has 1 aromatic heterocycles. The molecule has 0 amide bonds. The minimum Gasteiger partial charge on any atom is -0.367 e. The van der Waals surface area contributed by atoms with Gasteiger partial charge in [-0.25, -0.2) is 0 Å². The van der Waals surface area contributed by atoms with Gasteiger partial charge in [-0.1, -0.05) is 6.07 Å². The summed E-state index contributed by atoms with van der Waals surface area (Å²) < 4.78 is 1.20. The molecular weight excluding hydrogens is 206 g/mol. The van der Waals surface area contributed by atoms with Crippen molar-refractivity contribution in [2.24, 2.45) is 0 Å². The number of hydrogen-bond acceptors (Lipinski definition) is 5. The van der Waals surface area contributed by atoms with Gasteiger partial charge in [0.25, 0.3) is 0 Å². The molecule has 74 valence electrons. The first-order chi connectivity index (χ1) is 6.24. The van der Waals surface area contributed by atoms with Crippen LogP contribution in [0.3, 0.4) is 0 Å². The van der Waals surface area contributed by atoms with E-state index in [1.54, 1.807) is 30.1 Å². The number of likely N-dealkylation sites (N-methyl/N-ethyl adjacent to an activating group) is 1. The van der Waals surface area contributed by atoms with Gasteiger partial charge in [0, 0.05) is 5.75 Å². The van der Waals surface area contributed by atoms with Crippen LogP contribution in [0.4, 0.5) is 0 Å². The van der Waals surface area contributed by atoms with Crippen LogP contribution in [0.25, 0.3) is 0 Å². The van der Waals surface area contributed by atoms with Gasteiger partial charge in [-0.3, -0.25) is 0 Å². The quantitative estimate of drug-likeness (QED) is 0.505. The topological polar surface area (TPSA) is 52.5 Å². The van der Waals surface area contributed by atoms with E-state index < -0.39 is 6.29 Å². The summed E-state index contributed by atoms with van der Waals surface area (Å²) in [4.78, 5) is 0. The van der Waals surface area contributed by atoms with Crippen molar-refractivity contribution in [3.8, 4) is 0 Å². The Balaban J connectivity index is 2.32. The highest BCUT2D eigenvalue weighted by atomic mass is 32.2. The van der Waals surface area contributed by atoms with Gasteiger partial charge >= 0.3 is 0 Å². The molecule has 1 rings (SSSR count). The van der Waals surface area contributed by atoms with Gasteiger partial charge in [0.1, 0.15) is 0 Å². The lowest BCUT2D eigenvalue weighted by Gasteiger charge is -2.16. The summed E-state index contributed by atoms with van der Waals surface area (Å²) in [5.74, 6) is 0.661. The van der Waals surface area contributed by atoms with Crippen molar-refractivity contribution >= 4 is 23.1 Å². The Morgan fingerprint density at radius 2 is 2.38 bits per heavy atom. The van der Waals surface area contributed by atoms with Crippen molar-refractivity contribution in [1.82, 2.24) is 5.32 Å². The van der Waals surface area contributed by atoms with Crippen LogP contribution in [-0.2, 0) is 0 Å². The lowest BCUT2D eigenvalue weighted by molar-refractivity contribution is -0.0596. The number of aliphatic hydroxyl groups excluding tert-OH is 1. The van der Waals surface area contributed by atoms with Gasteiger partial charge in [-0.05, 0) is 18.5 Å². The van der Waals surface area contributed by atoms with Gasteiger partial charge in [0.15, 0.2) is 6.29 Å². The van der Waals surface area contributed by atoms with Gasteiger partial charge in [-0.15, -0.1) is 23.1 Å². The third-order valence-corrected chi connectivity index (χ3v) is 3.88. The monoisotopic (exact) mass is 219 g/mol. The average Bonchev–Trinajstić information content (AvgIpc) is 2.57. The zero-order valence-corrected chi connectivity index (χ0v) is 8.94. The molecule has 0 aliphatic rings. The van der Waals surface area contributed by atoms with Crippen molar-refractivity contribution in [1.29, 1.82) is 0 Å². The predicted octanol–water partition coefficient (Wildman–Crippen LogP) is 0.739. The van der Waals surface area contributed by atoms with E-state index in [1.807, 2.05) is 17.5 Å². The fraction of sp³-hybridized carbons (Fsp3) is 0.500. The number of rotatable bonds is 5. The summed E-state index contributed by atoms with van der Waals surface area (Å²) in [5, 5.41) is 22.7. The molecule has 0 spiro atoms. The van der Waals surface area contributed by atoms with Crippen molar-refractivity contribution in [2.45, 2.75) is 16.5 Å². The molecular formula is C8H13NO2S2. The first-order valence-corrected chi connectivity index (χ1v) is 5.80. The Morgan fingerprint density at radius 3 is 2.85 bits per heavy atom. The fourth-order valence-electron chi connectivity index (χ4n) is 0.836. The maximum Gasteiger partial charge on any atom is 0.167 e. The van der Waals surface area contributed by atoms with Crippen LogP contribution in [-0.4, -0.2) is 35.3 Å². The van der Waals surface area contributed by atoms with Gasteiger partial charge in [0.2, 0.25) is 0 Å². The minimum absolute atomic E-state index is 0.271. The summed E-state index contributed by atoms with van der Waals surface area (Å²) in [7, 11) is 1.72. The number of thioether (sulfide) groups is 1. The third kappa shape index (κ3) is 3.66. The number of thiophene rings is 1. The first-order valence-electron chi connectivity index (χ1n) is 3.93. The number of nitrogens with one attached hydrogen (secondary N) is 1. The molecule has 3 N–H and O–H groups in total. The summed E-state index contributed by atoms with van der Waals surface area (Å²) in [6.07, 6.45) is -1.29. The molecule has 3 nitrogen and oxygen atoms in total. The zero-order valence-electron chi connectivity index (χ0n) is 7.30. The molecule has 1 atom stereocenters. The van der Waals surface area contributed by atoms with Crippen LogP contribution in [0.5, 0.6) is 0 Å². The van der Waals surface area contributed by atoms with Crippen LogP contribution < -0.4 is 5.32 Å². The van der Waals surface area contributed by atoms with Crippen LogP contribution in [0, 0.1) is 0 Å². The van der Waals surface area contributed by atoms with Crippen molar-refractivity contribution in [3.63, 3.8) is 0 Å². The number of hydrogen-bond donors (Lipinski definition) is 3. The Bertz CT molecular complexity index is 226. The van der Waals surface area contributed by atoms with Crippen LogP contribution in [0.2, 0.25) is 0 Å². The summed E-state index contributed by atoms with van der Waals surface area (Å²) >= 11 is 3.28. The molecule has 0 fully saturated rings. The molecule has 0 saturated carbocycles. The fourth-order valence-corrected chi connectivity index (χ4v) is 2.78. The maximum atomic E-state index is 8.92. The smallest absolute Gasteiger partial charge is 0.167 e. The minimum atomic E-state index is -1.29. The van der Waals surface area contributed by atoms with Crippen LogP contribution in [0.1, 0.15) is 0 Å². The van der Waals surface area contributed by atoms with E-state index in [9.17, 15) is 0 Å². The second kappa shape index (κ2) is 5.62. The summed E-state index contributed by atoms with van der Waals surface area (Å²) in [6, 6.07) is 3.73. The van der Waals surface area contributed by atoms with Crippen molar-refractivity contribution in [2.75, 3.05) is 12.8 Å². The Kier molecular flexibility index (Phi) is 4.76. The summed E-state index contributed by atoms with van der Waals surface area (Å²) in [5.41, 5.74) is 0. The Labute approximate surface area is 85.8 Å². The van der Waals surface area contributed by atoms with Crippen molar-refractivity contribution in [3.05, 3.63) is 17.5 Å². The molecule has 0 aromatic carbocycles. The molecule has 1 aromatic rings. The average molecular weight is 219 g/mol. The third-order valence-electron chi connectivity index (χ3n) is 1.63. The van der Waals surface area contributed by atoms with Crippen LogP contribution >= 0.6 is 23.1 Å². The van der Waals surface area contributed by atoms with E-state index in [2.05, 4.69) is 5.32 Å². The van der Waals surface area contributed by atoms with Crippen molar-refractivity contribution < 1.29 is 10.2 Å². The normalized spacial score (nSPS) is 13.5. The highest BCUT2D eigenvalue weighted by Crippen LogP contribution is 2.24. The molecule has 0 radical (unpaired) electrons.